The highest BCUT2D eigenvalue weighted by atomic mass is 79.9. The van der Waals surface area contributed by atoms with Crippen LogP contribution >= 0.6 is 15.9 Å². The Labute approximate surface area is 109 Å². The molecule has 3 nitrogen and oxygen atoms in total. The lowest BCUT2D eigenvalue weighted by molar-refractivity contribution is -0.125. The number of benzene rings is 1. The van der Waals surface area contributed by atoms with Crippen molar-refractivity contribution in [2.75, 3.05) is 13.1 Å². The van der Waals surface area contributed by atoms with Crippen LogP contribution in [-0.2, 0) is 4.79 Å². The van der Waals surface area contributed by atoms with Gasteiger partial charge < -0.3 is 10.0 Å². The van der Waals surface area contributed by atoms with Crippen molar-refractivity contribution in [3.63, 3.8) is 0 Å². The molecule has 17 heavy (non-hydrogen) atoms. The number of amides is 1. The number of rotatable bonds is 2. The summed E-state index contributed by atoms with van der Waals surface area (Å²) in [6.07, 6.45) is 3.65. The maximum absolute atomic E-state index is 11.8. The molecule has 1 aliphatic heterocycles. The molecule has 90 valence electrons. The molecule has 0 aliphatic carbocycles. The second-order valence-electron chi connectivity index (χ2n) is 4.08. The molecule has 0 bridgehead atoms. The highest BCUT2D eigenvalue weighted by Gasteiger charge is 2.22. The third kappa shape index (κ3) is 3.17. The summed E-state index contributed by atoms with van der Waals surface area (Å²) in [5.41, 5.74) is 0.973. The molecule has 1 saturated heterocycles. The maximum Gasteiger partial charge on any atom is 0.246 e. The van der Waals surface area contributed by atoms with Crippen molar-refractivity contribution in [1.82, 2.24) is 4.90 Å². The number of hydrogen-bond donors (Lipinski definition) is 1. The van der Waals surface area contributed by atoms with Crippen molar-refractivity contribution < 1.29 is 9.90 Å². The fraction of sp³-hybridized carbons (Fsp3) is 0.308. The average Bonchev–Trinajstić information content (AvgIpc) is 2.74. The predicted molar refractivity (Wildman–Crippen MR) is 70.4 cm³/mol. The van der Waals surface area contributed by atoms with E-state index in [1.54, 1.807) is 17.1 Å². The van der Waals surface area contributed by atoms with Crippen molar-refractivity contribution in [3.05, 3.63) is 40.4 Å². The number of nitrogens with zero attached hydrogens (tertiary/aromatic N) is 1. The first-order valence-electron chi connectivity index (χ1n) is 5.56. The third-order valence-corrected chi connectivity index (χ3v) is 3.51. The lowest BCUT2D eigenvalue weighted by Crippen LogP contribution is -2.27. The van der Waals surface area contributed by atoms with Gasteiger partial charge in [0.2, 0.25) is 5.91 Å². The Morgan fingerprint density at radius 3 is 2.88 bits per heavy atom. The highest BCUT2D eigenvalue weighted by Crippen LogP contribution is 2.17. The van der Waals surface area contributed by atoms with Gasteiger partial charge >= 0.3 is 0 Å². The molecule has 1 aliphatic rings. The Morgan fingerprint density at radius 1 is 1.47 bits per heavy atom. The van der Waals surface area contributed by atoms with Crippen LogP contribution in [0.4, 0.5) is 0 Å². The normalized spacial score (nSPS) is 20.1. The number of aliphatic hydroxyl groups is 1. The minimum absolute atomic E-state index is 0.0442. The monoisotopic (exact) mass is 295 g/mol. The van der Waals surface area contributed by atoms with Crippen molar-refractivity contribution >= 4 is 27.9 Å². The van der Waals surface area contributed by atoms with Crippen LogP contribution in [0.3, 0.4) is 0 Å². The lowest BCUT2D eigenvalue weighted by Gasteiger charge is -2.12. The van der Waals surface area contributed by atoms with Crippen LogP contribution in [0.25, 0.3) is 6.08 Å². The van der Waals surface area contributed by atoms with Crippen molar-refractivity contribution in [1.29, 1.82) is 0 Å². The van der Waals surface area contributed by atoms with E-state index in [9.17, 15) is 9.90 Å². The Hall–Kier alpha value is -1.13. The molecule has 1 aromatic carbocycles. The highest BCUT2D eigenvalue weighted by molar-refractivity contribution is 9.10. The second-order valence-corrected chi connectivity index (χ2v) is 4.94. The topological polar surface area (TPSA) is 40.5 Å². The van der Waals surface area contributed by atoms with Gasteiger partial charge in [-0.3, -0.25) is 4.79 Å². The average molecular weight is 296 g/mol. The summed E-state index contributed by atoms with van der Waals surface area (Å²) < 4.78 is 0.963. The van der Waals surface area contributed by atoms with Crippen LogP contribution in [0.5, 0.6) is 0 Å². The van der Waals surface area contributed by atoms with E-state index in [0.717, 1.165) is 10.0 Å². The summed E-state index contributed by atoms with van der Waals surface area (Å²) in [6, 6.07) is 7.73. The minimum Gasteiger partial charge on any atom is -0.391 e. The van der Waals surface area contributed by atoms with Crippen LogP contribution in [0.15, 0.2) is 34.8 Å². The Balaban J connectivity index is 2.01. The molecule has 0 radical (unpaired) electrons. The zero-order chi connectivity index (χ0) is 12.3. The van der Waals surface area contributed by atoms with E-state index in [1.165, 1.54) is 0 Å². The van der Waals surface area contributed by atoms with E-state index < -0.39 is 0 Å². The molecule has 0 saturated carbocycles. The van der Waals surface area contributed by atoms with Gasteiger partial charge in [-0.25, -0.2) is 0 Å². The maximum atomic E-state index is 11.8. The number of aliphatic hydroxyl groups excluding tert-OH is 1. The molecule has 0 aromatic heterocycles. The van der Waals surface area contributed by atoms with Gasteiger partial charge in [0, 0.05) is 23.6 Å². The summed E-state index contributed by atoms with van der Waals surface area (Å²) in [5.74, 6) is -0.0442. The van der Waals surface area contributed by atoms with Crippen LogP contribution in [0.2, 0.25) is 0 Å². The molecule has 0 spiro atoms. The van der Waals surface area contributed by atoms with Gasteiger partial charge in [-0.05, 0) is 24.1 Å². The van der Waals surface area contributed by atoms with Gasteiger partial charge in [0.05, 0.1) is 6.10 Å². The fourth-order valence-electron chi connectivity index (χ4n) is 1.82. The molecular formula is C13H14BrNO2. The van der Waals surface area contributed by atoms with Crippen LogP contribution < -0.4 is 0 Å². The van der Waals surface area contributed by atoms with Gasteiger partial charge in [-0.1, -0.05) is 34.1 Å². The van der Waals surface area contributed by atoms with E-state index in [4.69, 9.17) is 0 Å². The molecular weight excluding hydrogens is 282 g/mol. The zero-order valence-corrected chi connectivity index (χ0v) is 10.9. The summed E-state index contributed by atoms with van der Waals surface area (Å²) in [6.45, 7) is 1.08. The zero-order valence-electron chi connectivity index (χ0n) is 9.34. The quantitative estimate of drug-likeness (QED) is 0.849. The molecule has 1 aromatic rings. The lowest BCUT2D eigenvalue weighted by atomic mass is 10.2. The summed E-state index contributed by atoms with van der Waals surface area (Å²) >= 11 is 3.42. The van der Waals surface area contributed by atoms with Gasteiger partial charge in [-0.2, -0.15) is 0 Å². The second kappa shape index (κ2) is 5.47. The van der Waals surface area contributed by atoms with E-state index in [2.05, 4.69) is 15.9 Å². The molecule has 1 amide bonds. The summed E-state index contributed by atoms with van der Waals surface area (Å²) in [5, 5.41) is 9.35. The molecule has 1 unspecified atom stereocenters. The van der Waals surface area contributed by atoms with E-state index >= 15 is 0 Å². The molecule has 1 fully saturated rings. The van der Waals surface area contributed by atoms with Gasteiger partial charge in [0.15, 0.2) is 0 Å². The Bertz CT molecular complexity index is 445. The standard InChI is InChI=1S/C13H14BrNO2/c14-12-4-2-1-3-10(12)5-6-13(17)15-8-7-11(16)9-15/h1-6,11,16H,7-9H2/b6-5+. The molecule has 1 heterocycles. The number of halogens is 1. The van der Waals surface area contributed by atoms with Crippen molar-refractivity contribution in [2.45, 2.75) is 12.5 Å². The van der Waals surface area contributed by atoms with E-state index in [1.807, 2.05) is 24.3 Å². The van der Waals surface area contributed by atoms with Crippen LogP contribution in [-0.4, -0.2) is 35.1 Å². The molecule has 1 N–H and O–H groups in total. The van der Waals surface area contributed by atoms with E-state index in [-0.39, 0.29) is 12.0 Å². The largest absolute Gasteiger partial charge is 0.391 e. The van der Waals surface area contributed by atoms with Gasteiger partial charge in [-0.15, -0.1) is 0 Å². The summed E-state index contributed by atoms with van der Waals surface area (Å²) in [7, 11) is 0. The number of β-amino-alcohol motifs (C(OH)–C–C–N with tert-alkyl or cyclic N) is 1. The van der Waals surface area contributed by atoms with Crippen molar-refractivity contribution in [2.24, 2.45) is 0 Å². The third-order valence-electron chi connectivity index (χ3n) is 2.79. The first kappa shape index (κ1) is 12.3. The number of carbonyl (C=O) groups is 1. The number of hydrogen-bond acceptors (Lipinski definition) is 2. The number of likely N-dealkylation sites (tertiary alicyclic amines) is 1. The van der Waals surface area contributed by atoms with Crippen LogP contribution in [0, 0.1) is 0 Å². The minimum atomic E-state index is -0.365. The molecule has 1 atom stereocenters. The predicted octanol–water partition coefficient (Wildman–Crippen LogP) is 2.06. The van der Waals surface area contributed by atoms with Crippen LogP contribution in [0.1, 0.15) is 12.0 Å². The fourth-order valence-corrected chi connectivity index (χ4v) is 2.24. The van der Waals surface area contributed by atoms with Crippen molar-refractivity contribution in [3.8, 4) is 0 Å². The summed E-state index contributed by atoms with van der Waals surface area (Å²) in [4.78, 5) is 13.5. The van der Waals surface area contributed by atoms with E-state index in [0.29, 0.717) is 19.5 Å². The first-order chi connectivity index (χ1) is 8.16. The molecule has 4 heteroatoms. The molecule has 2 rings (SSSR count). The Morgan fingerprint density at radius 2 is 2.24 bits per heavy atom. The number of carbonyl (C=O) groups excluding carboxylic acids is 1. The van der Waals surface area contributed by atoms with Gasteiger partial charge in [0.1, 0.15) is 0 Å². The van der Waals surface area contributed by atoms with Gasteiger partial charge in [0.25, 0.3) is 0 Å². The smallest absolute Gasteiger partial charge is 0.246 e. The Kier molecular flexibility index (Phi) is 3.97. The SMILES string of the molecule is O=C(/C=C/c1ccccc1Br)N1CCC(O)C1. The first-order valence-corrected chi connectivity index (χ1v) is 6.35.